The molecule has 0 saturated carbocycles. The Kier molecular flexibility index (Phi) is 5.68. The summed E-state index contributed by atoms with van der Waals surface area (Å²) in [6.07, 6.45) is 0. The second-order valence-corrected chi connectivity index (χ2v) is 7.42. The van der Waals surface area contributed by atoms with Gasteiger partial charge in [0.1, 0.15) is 23.0 Å². The minimum atomic E-state index is 0.454. The standard InChI is InChI=1S/C30H23NO2/c1-4-10-24(11-5-1)31(25-16-20-29(21-17-25)32-27-12-6-2-7-13-27)26-18-22-30(23-19-26)33-28-14-8-3-9-15-28/h1-23H/i4T. The maximum Gasteiger partial charge on any atom is 0.127 e. The van der Waals surface area contributed by atoms with Crippen LogP contribution >= 0.6 is 0 Å². The third-order valence-corrected chi connectivity index (χ3v) is 5.10. The van der Waals surface area contributed by atoms with Crippen LogP contribution in [0.15, 0.2) is 140 Å². The number of para-hydroxylation sites is 3. The van der Waals surface area contributed by atoms with Gasteiger partial charge in [-0.05, 0) is 84.9 Å². The maximum atomic E-state index is 8.11. The van der Waals surface area contributed by atoms with E-state index in [2.05, 4.69) is 4.90 Å². The lowest BCUT2D eigenvalue weighted by atomic mass is 10.2. The van der Waals surface area contributed by atoms with E-state index in [4.69, 9.17) is 10.8 Å². The highest BCUT2D eigenvalue weighted by Gasteiger charge is 2.13. The number of nitrogens with zero attached hydrogens (tertiary/aromatic N) is 1. The van der Waals surface area contributed by atoms with Gasteiger partial charge in [0.15, 0.2) is 0 Å². The molecule has 0 aliphatic carbocycles. The Morgan fingerprint density at radius 1 is 0.394 bits per heavy atom. The number of ether oxygens (including phenoxy) is 2. The fourth-order valence-electron chi connectivity index (χ4n) is 3.55. The molecule has 0 amide bonds. The molecule has 0 aliphatic rings. The lowest BCUT2D eigenvalue weighted by Crippen LogP contribution is -2.09. The molecule has 0 spiro atoms. The van der Waals surface area contributed by atoms with Gasteiger partial charge in [0.25, 0.3) is 0 Å². The molecule has 0 unspecified atom stereocenters. The molecular formula is C30H23NO2. The largest absolute Gasteiger partial charge is 0.457 e. The predicted molar refractivity (Wildman–Crippen MR) is 134 cm³/mol. The highest BCUT2D eigenvalue weighted by atomic mass is 16.5. The first-order chi connectivity index (χ1) is 16.7. The Balaban J connectivity index is 1.44. The van der Waals surface area contributed by atoms with Gasteiger partial charge in [0, 0.05) is 17.1 Å². The van der Waals surface area contributed by atoms with Crippen LogP contribution in [0, 0.1) is 0 Å². The summed E-state index contributed by atoms with van der Waals surface area (Å²) in [6.45, 7) is 0. The quantitative estimate of drug-likeness (QED) is 0.257. The molecule has 0 N–H and O–H groups in total. The summed E-state index contributed by atoms with van der Waals surface area (Å²) in [5.41, 5.74) is 2.83. The van der Waals surface area contributed by atoms with E-state index >= 15 is 0 Å². The molecule has 160 valence electrons. The summed E-state index contributed by atoms with van der Waals surface area (Å²) < 4.78 is 20.0. The molecule has 3 heteroatoms. The number of hydrogen-bond donors (Lipinski definition) is 0. The van der Waals surface area contributed by atoms with Crippen molar-refractivity contribution in [3.63, 3.8) is 0 Å². The molecule has 33 heavy (non-hydrogen) atoms. The van der Waals surface area contributed by atoms with E-state index in [0.717, 1.165) is 40.1 Å². The average Bonchev–Trinajstić information content (AvgIpc) is 2.88. The van der Waals surface area contributed by atoms with Gasteiger partial charge >= 0.3 is 0 Å². The lowest BCUT2D eigenvalue weighted by molar-refractivity contribution is 0.482. The number of benzene rings is 5. The van der Waals surface area contributed by atoms with Crippen LogP contribution in [0.25, 0.3) is 0 Å². The summed E-state index contributed by atoms with van der Waals surface area (Å²) in [5.74, 6) is 3.11. The van der Waals surface area contributed by atoms with Crippen molar-refractivity contribution >= 4 is 17.1 Å². The first-order valence-electron chi connectivity index (χ1n) is 11.3. The van der Waals surface area contributed by atoms with Gasteiger partial charge in [-0.3, -0.25) is 0 Å². The van der Waals surface area contributed by atoms with Crippen LogP contribution in [-0.4, -0.2) is 0 Å². The van der Waals surface area contributed by atoms with E-state index in [-0.39, 0.29) is 0 Å². The maximum absolute atomic E-state index is 8.11. The van der Waals surface area contributed by atoms with Crippen molar-refractivity contribution in [1.29, 1.82) is 0 Å². The van der Waals surface area contributed by atoms with E-state index in [1.807, 2.05) is 127 Å². The molecule has 0 bridgehead atoms. The molecular weight excluding hydrogens is 406 g/mol. The molecule has 0 aromatic heterocycles. The topological polar surface area (TPSA) is 21.7 Å². The van der Waals surface area contributed by atoms with Crippen molar-refractivity contribution in [3.8, 4) is 23.0 Å². The van der Waals surface area contributed by atoms with Crippen LogP contribution < -0.4 is 14.4 Å². The highest BCUT2D eigenvalue weighted by molar-refractivity contribution is 5.76. The Hall–Kier alpha value is -4.50. The molecule has 0 fully saturated rings. The van der Waals surface area contributed by atoms with Gasteiger partial charge < -0.3 is 14.4 Å². The molecule has 0 atom stereocenters. The molecule has 0 radical (unpaired) electrons. The molecule has 0 aliphatic heterocycles. The van der Waals surface area contributed by atoms with Crippen LogP contribution in [0.4, 0.5) is 17.1 Å². The van der Waals surface area contributed by atoms with Crippen molar-refractivity contribution < 1.29 is 10.8 Å². The first-order valence-corrected chi connectivity index (χ1v) is 10.8. The van der Waals surface area contributed by atoms with Crippen LogP contribution in [0.5, 0.6) is 23.0 Å². The summed E-state index contributed by atoms with van der Waals surface area (Å²) in [5, 5.41) is 0. The predicted octanol–water partition coefficient (Wildman–Crippen LogP) is 8.74. The van der Waals surface area contributed by atoms with Gasteiger partial charge in [-0.25, -0.2) is 0 Å². The van der Waals surface area contributed by atoms with Gasteiger partial charge in [-0.1, -0.05) is 54.6 Å². The third-order valence-electron chi connectivity index (χ3n) is 5.10. The first kappa shape index (κ1) is 19.2. The summed E-state index contributed by atoms with van der Waals surface area (Å²) >= 11 is 0. The van der Waals surface area contributed by atoms with Crippen LogP contribution in [-0.2, 0) is 0 Å². The Morgan fingerprint density at radius 3 is 1.24 bits per heavy atom. The summed E-state index contributed by atoms with van der Waals surface area (Å²) in [7, 11) is 0. The second-order valence-electron chi connectivity index (χ2n) is 7.42. The second kappa shape index (κ2) is 9.75. The molecule has 0 heterocycles. The summed E-state index contributed by atoms with van der Waals surface area (Å²) in [4.78, 5) is 2.11. The van der Waals surface area contributed by atoms with Gasteiger partial charge in [-0.2, -0.15) is 0 Å². The minimum Gasteiger partial charge on any atom is -0.457 e. The fraction of sp³-hybridized carbons (Fsp3) is 0. The van der Waals surface area contributed by atoms with Crippen LogP contribution in [0.3, 0.4) is 0 Å². The van der Waals surface area contributed by atoms with Gasteiger partial charge in [-0.15, -0.1) is 0 Å². The molecule has 5 aromatic carbocycles. The smallest absolute Gasteiger partial charge is 0.127 e. The van der Waals surface area contributed by atoms with E-state index in [0.29, 0.717) is 6.04 Å². The minimum absolute atomic E-state index is 0.454. The zero-order valence-electron chi connectivity index (χ0n) is 19.0. The van der Waals surface area contributed by atoms with Gasteiger partial charge in [0.05, 0.1) is 1.37 Å². The average molecular weight is 432 g/mol. The van der Waals surface area contributed by atoms with Crippen molar-refractivity contribution in [2.45, 2.75) is 0 Å². The third kappa shape index (κ3) is 5.05. The zero-order chi connectivity index (χ0) is 23.2. The van der Waals surface area contributed by atoms with E-state index in [1.165, 1.54) is 0 Å². The number of hydrogen-bond acceptors (Lipinski definition) is 3. The van der Waals surface area contributed by atoms with E-state index in [1.54, 1.807) is 6.07 Å². The van der Waals surface area contributed by atoms with Crippen molar-refractivity contribution in [2.24, 2.45) is 0 Å². The van der Waals surface area contributed by atoms with E-state index < -0.39 is 0 Å². The van der Waals surface area contributed by atoms with Crippen molar-refractivity contribution in [2.75, 3.05) is 4.90 Å². The van der Waals surface area contributed by atoms with Crippen LogP contribution in [0.1, 0.15) is 1.37 Å². The van der Waals surface area contributed by atoms with Crippen molar-refractivity contribution in [1.82, 2.24) is 0 Å². The Bertz CT molecular complexity index is 1250. The SMILES string of the molecule is [3H]c1cccc(N(c2ccc(Oc3ccccc3)cc2)c2ccc(Oc3ccccc3)cc2)c1. The normalized spacial score (nSPS) is 10.8. The molecule has 3 nitrogen and oxygen atoms in total. The lowest BCUT2D eigenvalue weighted by Gasteiger charge is -2.25. The number of anilines is 3. The highest BCUT2D eigenvalue weighted by Crippen LogP contribution is 2.36. The summed E-state index contributed by atoms with van der Waals surface area (Å²) in [6, 6.07) is 43.3. The molecule has 5 aromatic rings. The monoisotopic (exact) mass is 431 g/mol. The van der Waals surface area contributed by atoms with Gasteiger partial charge in [0.2, 0.25) is 0 Å². The van der Waals surface area contributed by atoms with Crippen LogP contribution in [0.2, 0.25) is 0 Å². The Labute approximate surface area is 195 Å². The molecule has 5 rings (SSSR count). The number of rotatable bonds is 7. The van der Waals surface area contributed by atoms with Crippen molar-refractivity contribution in [3.05, 3.63) is 140 Å². The Morgan fingerprint density at radius 2 is 0.788 bits per heavy atom. The van der Waals surface area contributed by atoms with E-state index in [9.17, 15) is 0 Å². The molecule has 0 saturated heterocycles. The zero-order valence-corrected chi connectivity index (χ0v) is 18.0. The fourth-order valence-corrected chi connectivity index (χ4v) is 3.55.